The number of unbranched alkanes of at least 4 members (excludes halogenated alkanes) is 4. The van der Waals surface area contributed by atoms with Crippen LogP contribution in [0.25, 0.3) is 0 Å². The molecular weight excluding hydrogens is 286 g/mol. The van der Waals surface area contributed by atoms with Crippen molar-refractivity contribution in [3.05, 3.63) is 29.3 Å². The maximum Gasteiger partial charge on any atom is 0.0417 e. The van der Waals surface area contributed by atoms with E-state index in [1.807, 2.05) is 23.9 Å². The standard InChI is InChI=1S/C17H28ClNS/c1-3-5-6-7-8-11-16(19-4-2)14-20-17-12-9-10-15(18)13-17/h9-10,12-13,16,19H,3-8,11,14H2,1-2H3. The first-order chi connectivity index (χ1) is 9.76. The van der Waals surface area contributed by atoms with Gasteiger partial charge in [0.15, 0.2) is 0 Å². The van der Waals surface area contributed by atoms with Crippen LogP contribution >= 0.6 is 23.4 Å². The molecule has 0 heterocycles. The van der Waals surface area contributed by atoms with Gasteiger partial charge in [-0.15, -0.1) is 11.8 Å². The van der Waals surface area contributed by atoms with Crippen LogP contribution in [-0.4, -0.2) is 18.3 Å². The van der Waals surface area contributed by atoms with E-state index >= 15 is 0 Å². The van der Waals surface area contributed by atoms with Crippen molar-refractivity contribution >= 4 is 23.4 Å². The SMILES string of the molecule is CCCCCCCC(CSc1cccc(Cl)c1)NCC. The van der Waals surface area contributed by atoms with Gasteiger partial charge in [0.1, 0.15) is 0 Å². The van der Waals surface area contributed by atoms with Crippen LogP contribution in [-0.2, 0) is 0 Å². The fourth-order valence-corrected chi connectivity index (χ4v) is 3.60. The van der Waals surface area contributed by atoms with Crippen molar-refractivity contribution in [2.24, 2.45) is 0 Å². The van der Waals surface area contributed by atoms with E-state index in [1.165, 1.54) is 43.4 Å². The second kappa shape index (κ2) is 11.5. The summed E-state index contributed by atoms with van der Waals surface area (Å²) in [6, 6.07) is 8.77. The lowest BCUT2D eigenvalue weighted by Crippen LogP contribution is -2.31. The average molecular weight is 314 g/mol. The summed E-state index contributed by atoms with van der Waals surface area (Å²) in [5, 5.41) is 4.43. The van der Waals surface area contributed by atoms with E-state index in [4.69, 9.17) is 11.6 Å². The largest absolute Gasteiger partial charge is 0.313 e. The molecule has 0 aromatic heterocycles. The van der Waals surface area contributed by atoms with E-state index < -0.39 is 0 Å². The molecule has 0 saturated carbocycles. The molecule has 0 bridgehead atoms. The number of hydrogen-bond donors (Lipinski definition) is 1. The molecule has 1 N–H and O–H groups in total. The van der Waals surface area contributed by atoms with Crippen molar-refractivity contribution in [1.29, 1.82) is 0 Å². The second-order valence-corrected chi connectivity index (χ2v) is 6.76. The lowest BCUT2D eigenvalue weighted by molar-refractivity contribution is 0.496. The van der Waals surface area contributed by atoms with Crippen LogP contribution in [0.15, 0.2) is 29.2 Å². The minimum Gasteiger partial charge on any atom is -0.313 e. The Labute approximate surface area is 133 Å². The highest BCUT2D eigenvalue weighted by atomic mass is 35.5. The number of thioether (sulfide) groups is 1. The molecular formula is C17H28ClNS. The summed E-state index contributed by atoms with van der Waals surface area (Å²) in [6.45, 7) is 5.51. The first kappa shape index (κ1) is 17.9. The van der Waals surface area contributed by atoms with Gasteiger partial charge in [-0.3, -0.25) is 0 Å². The molecule has 3 heteroatoms. The van der Waals surface area contributed by atoms with Crippen molar-refractivity contribution < 1.29 is 0 Å². The molecule has 0 spiro atoms. The fraction of sp³-hybridized carbons (Fsp3) is 0.647. The van der Waals surface area contributed by atoms with E-state index in [1.54, 1.807) is 0 Å². The summed E-state index contributed by atoms with van der Waals surface area (Å²) in [5.41, 5.74) is 0. The Kier molecular flexibility index (Phi) is 10.3. The fourth-order valence-electron chi connectivity index (χ4n) is 2.28. The topological polar surface area (TPSA) is 12.0 Å². The average Bonchev–Trinajstić information content (AvgIpc) is 2.44. The predicted octanol–water partition coefficient (Wildman–Crippen LogP) is 5.77. The zero-order valence-electron chi connectivity index (χ0n) is 12.8. The predicted molar refractivity (Wildman–Crippen MR) is 93.0 cm³/mol. The quantitative estimate of drug-likeness (QED) is 0.411. The summed E-state index contributed by atoms with van der Waals surface area (Å²) in [7, 11) is 0. The first-order valence-electron chi connectivity index (χ1n) is 7.88. The third-order valence-electron chi connectivity index (χ3n) is 3.40. The van der Waals surface area contributed by atoms with Crippen LogP contribution < -0.4 is 5.32 Å². The maximum absolute atomic E-state index is 6.02. The zero-order valence-corrected chi connectivity index (χ0v) is 14.4. The van der Waals surface area contributed by atoms with Gasteiger partial charge >= 0.3 is 0 Å². The van der Waals surface area contributed by atoms with E-state index in [-0.39, 0.29) is 0 Å². The van der Waals surface area contributed by atoms with Crippen LogP contribution in [0.3, 0.4) is 0 Å². The Morgan fingerprint density at radius 2 is 1.95 bits per heavy atom. The first-order valence-corrected chi connectivity index (χ1v) is 9.24. The Morgan fingerprint density at radius 1 is 1.15 bits per heavy atom. The van der Waals surface area contributed by atoms with Gasteiger partial charge in [-0.1, -0.05) is 63.6 Å². The highest BCUT2D eigenvalue weighted by molar-refractivity contribution is 7.99. The molecule has 1 aromatic rings. The van der Waals surface area contributed by atoms with Gasteiger partial charge in [0, 0.05) is 21.7 Å². The number of nitrogens with one attached hydrogen (secondary N) is 1. The molecule has 1 unspecified atom stereocenters. The Morgan fingerprint density at radius 3 is 2.65 bits per heavy atom. The van der Waals surface area contributed by atoms with Crippen LogP contribution in [0.4, 0.5) is 0 Å². The summed E-state index contributed by atoms with van der Waals surface area (Å²) in [6.07, 6.45) is 8.08. The van der Waals surface area contributed by atoms with Crippen molar-refractivity contribution in [2.75, 3.05) is 12.3 Å². The van der Waals surface area contributed by atoms with Crippen LogP contribution in [0.1, 0.15) is 52.4 Å². The molecule has 1 rings (SSSR count). The minimum atomic E-state index is 0.616. The maximum atomic E-state index is 6.02. The van der Waals surface area contributed by atoms with Gasteiger partial charge in [0.05, 0.1) is 0 Å². The second-order valence-electron chi connectivity index (χ2n) is 5.23. The molecule has 0 aliphatic carbocycles. The zero-order chi connectivity index (χ0) is 14.6. The van der Waals surface area contributed by atoms with Gasteiger partial charge < -0.3 is 5.32 Å². The molecule has 0 radical (unpaired) electrons. The monoisotopic (exact) mass is 313 g/mol. The molecule has 1 aromatic carbocycles. The molecule has 20 heavy (non-hydrogen) atoms. The molecule has 114 valence electrons. The lowest BCUT2D eigenvalue weighted by atomic mass is 10.1. The summed E-state index contributed by atoms with van der Waals surface area (Å²) in [4.78, 5) is 1.27. The van der Waals surface area contributed by atoms with E-state index in [0.717, 1.165) is 17.3 Å². The summed E-state index contributed by atoms with van der Waals surface area (Å²) in [5.74, 6) is 1.13. The Balaban J connectivity index is 2.27. The third kappa shape index (κ3) is 8.18. The van der Waals surface area contributed by atoms with E-state index in [9.17, 15) is 0 Å². The number of rotatable bonds is 11. The van der Waals surface area contributed by atoms with Gasteiger partial charge in [-0.25, -0.2) is 0 Å². The number of benzene rings is 1. The highest BCUT2D eigenvalue weighted by Crippen LogP contribution is 2.23. The smallest absolute Gasteiger partial charge is 0.0417 e. The summed E-state index contributed by atoms with van der Waals surface area (Å²) >= 11 is 7.93. The molecule has 0 aliphatic rings. The highest BCUT2D eigenvalue weighted by Gasteiger charge is 2.08. The van der Waals surface area contributed by atoms with Gasteiger partial charge in [-0.05, 0) is 31.2 Å². The normalized spacial score (nSPS) is 12.6. The van der Waals surface area contributed by atoms with Crippen molar-refractivity contribution in [2.45, 2.75) is 63.3 Å². The van der Waals surface area contributed by atoms with Crippen LogP contribution in [0.5, 0.6) is 0 Å². The lowest BCUT2D eigenvalue weighted by Gasteiger charge is -2.17. The molecule has 0 amide bonds. The van der Waals surface area contributed by atoms with Crippen LogP contribution in [0, 0.1) is 0 Å². The van der Waals surface area contributed by atoms with Gasteiger partial charge in [0.25, 0.3) is 0 Å². The van der Waals surface area contributed by atoms with E-state index in [2.05, 4.69) is 31.3 Å². The van der Waals surface area contributed by atoms with Crippen molar-refractivity contribution in [1.82, 2.24) is 5.32 Å². The minimum absolute atomic E-state index is 0.616. The Hall–Kier alpha value is -0.180. The van der Waals surface area contributed by atoms with Crippen molar-refractivity contribution in [3.63, 3.8) is 0 Å². The van der Waals surface area contributed by atoms with E-state index in [0.29, 0.717) is 6.04 Å². The number of halogens is 1. The molecule has 1 atom stereocenters. The van der Waals surface area contributed by atoms with Crippen molar-refractivity contribution in [3.8, 4) is 0 Å². The molecule has 0 fully saturated rings. The van der Waals surface area contributed by atoms with Gasteiger partial charge in [0.2, 0.25) is 0 Å². The summed E-state index contributed by atoms with van der Waals surface area (Å²) < 4.78 is 0. The van der Waals surface area contributed by atoms with Crippen LogP contribution in [0.2, 0.25) is 5.02 Å². The Bertz CT molecular complexity index is 357. The molecule has 0 aliphatic heterocycles. The van der Waals surface area contributed by atoms with Gasteiger partial charge in [-0.2, -0.15) is 0 Å². The molecule has 0 saturated heterocycles. The number of hydrogen-bond acceptors (Lipinski definition) is 2. The third-order valence-corrected chi connectivity index (χ3v) is 4.79. The molecule has 1 nitrogen and oxygen atoms in total.